The van der Waals surface area contributed by atoms with Gasteiger partial charge in [0.25, 0.3) is 0 Å². The Hall–Kier alpha value is -0.440. The van der Waals surface area contributed by atoms with Gasteiger partial charge in [-0.1, -0.05) is 29.7 Å². The van der Waals surface area contributed by atoms with E-state index < -0.39 is 0 Å². The lowest BCUT2D eigenvalue weighted by molar-refractivity contribution is 0.824. The Morgan fingerprint density at radius 3 is 0.571 bits per heavy atom. The lowest BCUT2D eigenvalue weighted by atomic mass is 12.0. The minimum absolute atomic E-state index is 0. The molecule has 0 spiro atoms. The molecule has 2 N–H and O–H groups in total. The van der Waals surface area contributed by atoms with Gasteiger partial charge in [0.1, 0.15) is 0 Å². The molecule has 0 aromatic carbocycles. The van der Waals surface area contributed by atoms with E-state index in [2.05, 4.69) is 0 Å². The van der Waals surface area contributed by atoms with Crippen LogP contribution in [0.1, 0.15) is 29.7 Å². The topological polar surface area (TPSA) is 65.6 Å². The maximum absolute atomic E-state index is 7.00. The van der Waals surface area contributed by atoms with Gasteiger partial charge in [-0.25, -0.2) is 0 Å². The molecule has 0 aromatic rings. The molecule has 0 aliphatic heterocycles. The first-order valence-electron chi connectivity index (χ1n) is 0.167. The number of hydrogen-bond donors (Lipinski definition) is 0. The molecule has 0 amide bonds. The monoisotopic (exact) mass is 114 g/mol. The van der Waals surface area contributed by atoms with Crippen molar-refractivity contribution in [1.29, 1.82) is 0 Å². The van der Waals surface area contributed by atoms with E-state index in [-0.39, 0.29) is 35.2 Å². The Labute approximate surface area is 46.3 Å². The van der Waals surface area contributed by atoms with Crippen LogP contribution >= 0.6 is 0 Å². The van der Waals surface area contributed by atoms with E-state index in [9.17, 15) is 0 Å². The highest BCUT2D eigenvalue weighted by molar-refractivity contribution is 4.07. The van der Waals surface area contributed by atoms with Crippen molar-refractivity contribution in [3.63, 3.8) is 0 Å². The summed E-state index contributed by atoms with van der Waals surface area (Å²) in [5.41, 5.74) is 0. The van der Waals surface area contributed by atoms with Gasteiger partial charge < -0.3 is 5.48 Å². The van der Waals surface area contributed by atoms with Crippen LogP contribution in [0.2, 0.25) is 0 Å². The van der Waals surface area contributed by atoms with Gasteiger partial charge in [0.15, 0.2) is 0 Å². The molecule has 0 radical (unpaired) electrons. The Bertz CT molecular complexity index is 6.90. The van der Waals surface area contributed by atoms with Gasteiger partial charge in [-0.3, -0.25) is 0 Å². The fourth-order valence-electron chi connectivity index (χ4n) is 0. The van der Waals surface area contributed by atoms with Crippen LogP contribution in [0, 0.1) is 9.93 Å². The Balaban J connectivity index is -0.000000000500. The van der Waals surface area contributed by atoms with Gasteiger partial charge in [0.2, 0.25) is 0 Å². The summed E-state index contributed by atoms with van der Waals surface area (Å²) in [5.74, 6) is 0. The van der Waals surface area contributed by atoms with E-state index in [1.165, 1.54) is 0 Å². The third-order valence-corrected chi connectivity index (χ3v) is 0. The Morgan fingerprint density at radius 1 is 0.571 bits per heavy atom. The van der Waals surface area contributed by atoms with Crippen LogP contribution in [0.4, 0.5) is 0 Å². The summed E-state index contributed by atoms with van der Waals surface area (Å²) in [6.07, 6.45) is 0. The first kappa shape index (κ1) is 647. The van der Waals surface area contributed by atoms with Crippen LogP contribution in [0.5, 0.6) is 0 Å². The second kappa shape index (κ2) is 597. The van der Waals surface area contributed by atoms with Crippen LogP contribution < -0.4 is 0 Å². The van der Waals surface area contributed by atoms with Crippen LogP contribution in [0.25, 0.3) is 0 Å². The molecule has 0 rings (SSSR count). The van der Waals surface area contributed by atoms with Crippen LogP contribution in [0.15, 0.2) is 0 Å². The molecule has 0 aliphatic rings. The lowest BCUT2D eigenvalue weighted by Gasteiger charge is -0.707. The third kappa shape index (κ3) is 364. The molecule has 0 saturated heterocycles. The molecule has 0 saturated carbocycles. The molecule has 0 aromatic heterocycles. The summed E-state index contributed by atoms with van der Waals surface area (Å²) in [4.78, 5) is 14.0. The molecule has 52 valence electrons. The average molecular weight is 114 g/mol. The van der Waals surface area contributed by atoms with Crippen molar-refractivity contribution in [1.82, 2.24) is 0 Å². The average Bonchev–Trinajstić information content (AvgIpc) is 1.00. The van der Waals surface area contributed by atoms with Gasteiger partial charge in [-0.2, -0.15) is 0 Å². The maximum atomic E-state index is 7.00. The van der Waals surface area contributed by atoms with E-state index in [0.717, 1.165) is 0 Å². The minimum Gasteiger partial charge on any atom is -0.412 e. The summed E-state index contributed by atoms with van der Waals surface area (Å²) >= 11 is 0. The molecule has 0 heterocycles. The zero-order valence-corrected chi connectivity index (χ0v) is 1.32. The molecule has 0 atom stereocenters. The molecule has 0 aliphatic carbocycles. The van der Waals surface area contributed by atoms with E-state index in [4.69, 9.17) is 9.93 Å². The van der Waals surface area contributed by atoms with Crippen LogP contribution in [-0.4, -0.2) is 5.48 Å². The van der Waals surface area contributed by atoms with Crippen molar-refractivity contribution >= 4 is 0 Å². The standard InChI is InChI=1S/4CH4.O2.H2O/c;;;;1-2;/h4*1H4;;1H2. The first-order valence-corrected chi connectivity index (χ1v) is 0.167. The zero-order valence-electron chi connectivity index (χ0n) is 1.32. The predicted molar refractivity (Wildman–Crippen MR) is 37.3 cm³/mol. The van der Waals surface area contributed by atoms with Gasteiger partial charge in [0.05, 0.1) is 0 Å². The molecule has 3 heteroatoms. The fraction of sp³-hybridized carbons (Fsp3) is 1.00. The highest BCUT2D eigenvalue weighted by atomic mass is 16.7. The molecule has 7 heavy (non-hydrogen) atoms. The van der Waals surface area contributed by atoms with Gasteiger partial charge in [-0.05, 0) is 0 Å². The highest BCUT2D eigenvalue weighted by Crippen LogP contribution is 0.741. The Morgan fingerprint density at radius 2 is 0.571 bits per heavy atom. The summed E-state index contributed by atoms with van der Waals surface area (Å²) < 4.78 is 0. The second-order valence-corrected chi connectivity index (χ2v) is 0. The molecule has 0 unspecified atom stereocenters. The van der Waals surface area contributed by atoms with E-state index in [1.807, 2.05) is 0 Å². The van der Waals surface area contributed by atoms with E-state index in [1.54, 1.807) is 0 Å². The maximum Gasteiger partial charge on any atom is 0 e. The van der Waals surface area contributed by atoms with Gasteiger partial charge in [-0.15, -0.1) is 0 Å². The number of rotatable bonds is 0. The van der Waals surface area contributed by atoms with Crippen LogP contribution in [0.3, 0.4) is 0 Å². The minimum atomic E-state index is 0. The lowest BCUT2D eigenvalue weighted by Crippen LogP contribution is -0.674. The normalized spacial score (nSPS) is 0.571. The van der Waals surface area contributed by atoms with Crippen molar-refractivity contribution in [2.45, 2.75) is 29.7 Å². The highest BCUT2D eigenvalue weighted by Gasteiger charge is 0.707. The van der Waals surface area contributed by atoms with Crippen LogP contribution in [-0.2, 0) is 0 Å². The second-order valence-electron chi connectivity index (χ2n) is 0. The third-order valence-electron chi connectivity index (χ3n) is 0. The summed E-state index contributed by atoms with van der Waals surface area (Å²) in [6, 6.07) is 0. The van der Waals surface area contributed by atoms with E-state index >= 15 is 0 Å². The van der Waals surface area contributed by atoms with Crippen molar-refractivity contribution in [2.75, 3.05) is 0 Å². The largest absolute Gasteiger partial charge is 0.412 e. The summed E-state index contributed by atoms with van der Waals surface area (Å²) in [7, 11) is 0. The fourth-order valence-corrected chi connectivity index (χ4v) is 0. The molecular weight excluding hydrogens is 96.0 g/mol. The van der Waals surface area contributed by atoms with Crippen molar-refractivity contribution in [3.8, 4) is 0 Å². The number of hydrogen-bond acceptors (Lipinski definition) is 2. The quantitative estimate of drug-likeness (QED) is 0.481. The zero-order chi connectivity index (χ0) is 2.00. The van der Waals surface area contributed by atoms with Crippen molar-refractivity contribution in [3.05, 3.63) is 9.93 Å². The van der Waals surface area contributed by atoms with Crippen molar-refractivity contribution in [2.24, 2.45) is 0 Å². The Kier molecular flexibility index (Phi) is 55200. The summed E-state index contributed by atoms with van der Waals surface area (Å²) in [5, 5.41) is 0. The van der Waals surface area contributed by atoms with E-state index in [0.29, 0.717) is 0 Å². The molecule has 0 fully saturated rings. The predicted octanol–water partition coefficient (Wildman–Crippen LogP) is 1.79. The van der Waals surface area contributed by atoms with Crippen molar-refractivity contribution < 1.29 is 5.48 Å². The molecule has 3 nitrogen and oxygen atoms in total. The van der Waals surface area contributed by atoms with Gasteiger partial charge in [0, 0.05) is 9.93 Å². The SMILES string of the molecule is C.C.C.C.O.O=O. The molecule has 0 bridgehead atoms. The smallest absolute Gasteiger partial charge is 0 e. The summed E-state index contributed by atoms with van der Waals surface area (Å²) in [6.45, 7) is 0. The first-order chi connectivity index (χ1) is 1.00. The van der Waals surface area contributed by atoms with Gasteiger partial charge >= 0.3 is 0 Å². The molecular formula is C4H18O3.